The molecule has 0 fully saturated rings. The van der Waals surface area contributed by atoms with Gasteiger partial charge in [-0.1, -0.05) is 48.0 Å². The van der Waals surface area contributed by atoms with E-state index in [9.17, 15) is 24.3 Å². The van der Waals surface area contributed by atoms with Gasteiger partial charge in [-0.25, -0.2) is 4.79 Å². The van der Waals surface area contributed by atoms with E-state index in [0.717, 1.165) is 6.42 Å². The molecule has 9 nitrogen and oxygen atoms in total. The summed E-state index contributed by atoms with van der Waals surface area (Å²) in [6, 6.07) is -3.59. The minimum atomic E-state index is -1.13. The maximum Gasteiger partial charge on any atom is 0.326 e. The molecule has 0 aromatic heterocycles. The lowest BCUT2D eigenvalue weighted by Crippen LogP contribution is -2.58. The van der Waals surface area contributed by atoms with Crippen LogP contribution in [0, 0.1) is 17.8 Å². The van der Waals surface area contributed by atoms with Crippen molar-refractivity contribution < 1.29 is 24.3 Å². The Morgan fingerprint density at radius 1 is 0.862 bits per heavy atom. The molecular formula is C20H38N4O5. The van der Waals surface area contributed by atoms with Crippen molar-refractivity contribution in [2.24, 2.45) is 23.5 Å². The Morgan fingerprint density at radius 3 is 1.83 bits per heavy atom. The number of carboxylic acids is 1. The molecule has 0 heterocycles. The van der Waals surface area contributed by atoms with Gasteiger partial charge in [-0.2, -0.15) is 0 Å². The number of nitrogens with one attached hydrogen (secondary N) is 3. The standard InChI is InChI=1S/C20H38N4O5/c1-8-12(6)15(21)18(26)24-16(11(4)5)19(27)22-13(7)17(25)23-14(20(28)29)9-10(2)3/h10-16H,8-9,21H2,1-7H3,(H,22,27)(H,23,25)(H,24,26)(H,28,29). The number of rotatable bonds is 12. The van der Waals surface area contributed by atoms with Crippen LogP contribution in [0.25, 0.3) is 0 Å². The Bertz CT molecular complexity index is 579. The first kappa shape index (κ1) is 26.8. The molecule has 6 N–H and O–H groups in total. The summed E-state index contributed by atoms with van der Waals surface area (Å²) in [5.41, 5.74) is 5.93. The zero-order chi connectivity index (χ0) is 22.9. The number of aliphatic carboxylic acids is 1. The van der Waals surface area contributed by atoms with Crippen molar-refractivity contribution in [1.29, 1.82) is 0 Å². The molecule has 0 aromatic carbocycles. The van der Waals surface area contributed by atoms with Crippen LogP contribution in [0.1, 0.15) is 61.3 Å². The van der Waals surface area contributed by atoms with E-state index in [1.165, 1.54) is 6.92 Å². The predicted octanol–water partition coefficient (Wildman–Crippen LogP) is 0.621. The molecule has 3 amide bonds. The van der Waals surface area contributed by atoms with Gasteiger partial charge >= 0.3 is 5.97 Å². The first-order chi connectivity index (χ1) is 13.3. The minimum Gasteiger partial charge on any atom is -0.480 e. The average molecular weight is 415 g/mol. The number of carbonyl (C=O) groups is 4. The van der Waals surface area contributed by atoms with Crippen LogP contribution in [0.4, 0.5) is 0 Å². The van der Waals surface area contributed by atoms with E-state index in [1.807, 2.05) is 27.7 Å². The molecule has 0 radical (unpaired) electrons. The van der Waals surface area contributed by atoms with Crippen LogP contribution in [0.15, 0.2) is 0 Å². The van der Waals surface area contributed by atoms with Gasteiger partial charge < -0.3 is 26.8 Å². The van der Waals surface area contributed by atoms with Crippen LogP contribution < -0.4 is 21.7 Å². The van der Waals surface area contributed by atoms with Crippen molar-refractivity contribution in [2.75, 3.05) is 0 Å². The molecule has 9 heteroatoms. The van der Waals surface area contributed by atoms with Crippen molar-refractivity contribution in [2.45, 2.75) is 85.5 Å². The number of carbonyl (C=O) groups excluding carboxylic acids is 3. The van der Waals surface area contributed by atoms with Crippen LogP contribution in [0.5, 0.6) is 0 Å². The van der Waals surface area contributed by atoms with Crippen molar-refractivity contribution in [1.82, 2.24) is 16.0 Å². The van der Waals surface area contributed by atoms with Crippen molar-refractivity contribution in [3.8, 4) is 0 Å². The highest BCUT2D eigenvalue weighted by Gasteiger charge is 2.31. The Hall–Kier alpha value is -2.16. The third-order valence-corrected chi connectivity index (χ3v) is 4.88. The molecule has 0 aliphatic heterocycles. The summed E-state index contributed by atoms with van der Waals surface area (Å²) < 4.78 is 0. The highest BCUT2D eigenvalue weighted by molar-refractivity contribution is 5.94. The van der Waals surface area contributed by atoms with Gasteiger partial charge in [0.1, 0.15) is 18.1 Å². The van der Waals surface area contributed by atoms with Gasteiger partial charge in [0, 0.05) is 0 Å². The number of carboxylic acid groups (broad SMARTS) is 1. The van der Waals surface area contributed by atoms with Crippen LogP contribution in [0.3, 0.4) is 0 Å². The molecule has 0 aliphatic carbocycles. The second-order valence-electron chi connectivity index (χ2n) is 8.40. The van der Waals surface area contributed by atoms with Crippen LogP contribution in [-0.4, -0.2) is 53.0 Å². The van der Waals surface area contributed by atoms with Gasteiger partial charge in [-0.15, -0.1) is 0 Å². The third kappa shape index (κ3) is 9.25. The number of nitrogens with two attached hydrogens (primary N) is 1. The van der Waals surface area contributed by atoms with Crippen LogP contribution in [0.2, 0.25) is 0 Å². The van der Waals surface area contributed by atoms with Crippen molar-refractivity contribution in [3.05, 3.63) is 0 Å². The lowest BCUT2D eigenvalue weighted by Gasteiger charge is -2.27. The second kappa shape index (κ2) is 12.4. The maximum atomic E-state index is 12.6. The van der Waals surface area contributed by atoms with E-state index >= 15 is 0 Å². The molecule has 5 unspecified atom stereocenters. The minimum absolute atomic E-state index is 0.0375. The highest BCUT2D eigenvalue weighted by atomic mass is 16.4. The summed E-state index contributed by atoms with van der Waals surface area (Å²) in [5.74, 6) is -2.86. The second-order valence-corrected chi connectivity index (χ2v) is 8.40. The molecular weight excluding hydrogens is 376 g/mol. The lowest BCUT2D eigenvalue weighted by molar-refractivity contribution is -0.142. The van der Waals surface area contributed by atoms with Crippen LogP contribution >= 0.6 is 0 Å². The van der Waals surface area contributed by atoms with E-state index in [4.69, 9.17) is 5.73 Å². The lowest BCUT2D eigenvalue weighted by atomic mass is 9.97. The average Bonchev–Trinajstić information content (AvgIpc) is 2.62. The highest BCUT2D eigenvalue weighted by Crippen LogP contribution is 2.09. The summed E-state index contributed by atoms with van der Waals surface area (Å²) in [5, 5.41) is 16.9. The Morgan fingerprint density at radius 2 is 1.41 bits per heavy atom. The van der Waals surface area contributed by atoms with Gasteiger partial charge in [0.05, 0.1) is 6.04 Å². The molecule has 0 saturated carbocycles. The summed E-state index contributed by atoms with van der Waals surface area (Å²) in [6.45, 7) is 12.5. The molecule has 5 atom stereocenters. The van der Waals surface area contributed by atoms with E-state index in [0.29, 0.717) is 0 Å². The van der Waals surface area contributed by atoms with Gasteiger partial charge in [0.15, 0.2) is 0 Å². The molecule has 29 heavy (non-hydrogen) atoms. The summed E-state index contributed by atoms with van der Waals surface area (Å²) in [7, 11) is 0. The van der Waals surface area contributed by atoms with Gasteiger partial charge in [0.2, 0.25) is 17.7 Å². The van der Waals surface area contributed by atoms with E-state index < -0.39 is 47.9 Å². The van der Waals surface area contributed by atoms with Crippen molar-refractivity contribution in [3.63, 3.8) is 0 Å². The quantitative estimate of drug-likeness (QED) is 0.316. The largest absolute Gasteiger partial charge is 0.480 e. The monoisotopic (exact) mass is 414 g/mol. The molecule has 0 saturated heterocycles. The topological polar surface area (TPSA) is 151 Å². The molecule has 0 rings (SSSR count). The fourth-order valence-corrected chi connectivity index (χ4v) is 2.66. The smallest absolute Gasteiger partial charge is 0.326 e. The van der Waals surface area contributed by atoms with Crippen LogP contribution in [-0.2, 0) is 19.2 Å². The summed E-state index contributed by atoms with van der Waals surface area (Å²) in [4.78, 5) is 48.6. The Balaban J connectivity index is 5.02. The summed E-state index contributed by atoms with van der Waals surface area (Å²) >= 11 is 0. The number of hydrogen-bond donors (Lipinski definition) is 5. The SMILES string of the molecule is CCC(C)C(N)C(=O)NC(C(=O)NC(C)C(=O)NC(CC(C)C)C(=O)O)C(C)C. The zero-order valence-corrected chi connectivity index (χ0v) is 18.6. The molecule has 0 aliphatic rings. The first-order valence-corrected chi connectivity index (χ1v) is 10.2. The van der Waals surface area contributed by atoms with E-state index in [-0.39, 0.29) is 24.2 Å². The van der Waals surface area contributed by atoms with Crippen molar-refractivity contribution >= 4 is 23.7 Å². The number of amides is 3. The van der Waals surface area contributed by atoms with E-state index in [2.05, 4.69) is 16.0 Å². The fraction of sp³-hybridized carbons (Fsp3) is 0.800. The fourth-order valence-electron chi connectivity index (χ4n) is 2.66. The molecule has 0 aromatic rings. The van der Waals surface area contributed by atoms with Gasteiger partial charge in [0.25, 0.3) is 0 Å². The third-order valence-electron chi connectivity index (χ3n) is 4.88. The molecule has 0 spiro atoms. The Labute approximate surface area is 173 Å². The van der Waals surface area contributed by atoms with Gasteiger partial charge in [-0.05, 0) is 31.1 Å². The molecule has 168 valence electrons. The van der Waals surface area contributed by atoms with E-state index in [1.54, 1.807) is 13.8 Å². The maximum absolute atomic E-state index is 12.6. The predicted molar refractivity (Wildman–Crippen MR) is 111 cm³/mol. The Kier molecular flexibility index (Phi) is 11.5. The van der Waals surface area contributed by atoms with Gasteiger partial charge in [-0.3, -0.25) is 14.4 Å². The zero-order valence-electron chi connectivity index (χ0n) is 18.6. The first-order valence-electron chi connectivity index (χ1n) is 10.2. The molecule has 0 bridgehead atoms. The number of hydrogen-bond acceptors (Lipinski definition) is 5. The normalized spacial score (nSPS) is 16.5. The summed E-state index contributed by atoms with van der Waals surface area (Å²) in [6.07, 6.45) is 1.01.